The molecule has 2 aliphatic carbocycles. The fraction of sp³-hybridized carbons (Fsp3) is 0.615. The Morgan fingerprint density at radius 1 is 0.700 bits per heavy atom. The minimum atomic E-state index is 0. The Balaban J connectivity index is -0.000000114. The van der Waals surface area contributed by atoms with Crippen molar-refractivity contribution >= 4 is 31.7 Å². The van der Waals surface area contributed by atoms with Crippen LogP contribution in [-0.4, -0.2) is 6.88 Å². The minimum absolute atomic E-state index is 0. The molecule has 0 spiro atoms. The van der Waals surface area contributed by atoms with E-state index in [9.17, 15) is 0 Å². The molecular formula is C26H48Cl2SiZr-4. The summed E-state index contributed by atoms with van der Waals surface area (Å²) in [6.45, 7) is 24.5. The second-order valence-corrected chi connectivity index (χ2v) is 9.77. The van der Waals surface area contributed by atoms with Crippen molar-refractivity contribution in [3.63, 3.8) is 0 Å². The van der Waals surface area contributed by atoms with Gasteiger partial charge in [-0.2, -0.15) is 11.1 Å². The molecule has 2 rings (SSSR count). The van der Waals surface area contributed by atoms with Gasteiger partial charge in [0.25, 0.3) is 0 Å². The molecular weight excluding hydrogens is 503 g/mol. The van der Waals surface area contributed by atoms with E-state index < -0.39 is 0 Å². The molecule has 0 N–H and O–H groups in total. The molecule has 0 saturated carbocycles. The molecule has 2 aliphatic rings. The molecule has 0 atom stereocenters. The first kappa shape index (κ1) is 40.9. The van der Waals surface area contributed by atoms with Gasteiger partial charge in [0.2, 0.25) is 0 Å². The molecule has 0 aromatic carbocycles. The summed E-state index contributed by atoms with van der Waals surface area (Å²) in [5.41, 5.74) is 6.46. The van der Waals surface area contributed by atoms with Gasteiger partial charge in [-0.3, -0.25) is 12.2 Å². The molecule has 0 amide bonds. The molecule has 0 aliphatic heterocycles. The van der Waals surface area contributed by atoms with E-state index in [-0.39, 0.29) is 39.7 Å². The van der Waals surface area contributed by atoms with Gasteiger partial charge >= 0.3 is 30.2 Å². The van der Waals surface area contributed by atoms with Crippen LogP contribution in [-0.2, 0) is 23.3 Å². The molecule has 0 fully saturated rings. The van der Waals surface area contributed by atoms with Crippen molar-refractivity contribution in [2.75, 3.05) is 0 Å². The third-order valence-corrected chi connectivity index (χ3v) is 4.80. The maximum atomic E-state index is 3.44. The van der Waals surface area contributed by atoms with Crippen molar-refractivity contribution in [2.45, 2.75) is 82.1 Å². The Kier molecular flexibility index (Phi) is 24.7. The van der Waals surface area contributed by atoms with Crippen LogP contribution >= 0.6 is 24.8 Å². The summed E-state index contributed by atoms with van der Waals surface area (Å²) >= 11 is 1.58. The second-order valence-electron chi connectivity index (χ2n) is 9.77. The normalized spacial score (nSPS) is 14.6. The molecule has 0 bridgehead atoms. The summed E-state index contributed by atoms with van der Waals surface area (Å²) in [6, 6.07) is 0. The van der Waals surface area contributed by atoms with Crippen LogP contribution in [0, 0.1) is 49.7 Å². The van der Waals surface area contributed by atoms with Gasteiger partial charge in [-0.1, -0.05) is 81.1 Å². The third-order valence-electron chi connectivity index (χ3n) is 4.80. The topological polar surface area (TPSA) is 0 Å². The van der Waals surface area contributed by atoms with Gasteiger partial charge in [-0.25, -0.2) is 23.3 Å². The average Bonchev–Trinajstić information content (AvgIpc) is 3.18. The molecule has 0 saturated heterocycles. The summed E-state index contributed by atoms with van der Waals surface area (Å²) in [5, 5.41) is 0. The summed E-state index contributed by atoms with van der Waals surface area (Å²) in [5.74, 6) is 1.26. The van der Waals surface area contributed by atoms with Gasteiger partial charge in [0, 0.05) is 0 Å². The van der Waals surface area contributed by atoms with Gasteiger partial charge in [0.15, 0.2) is 0 Å². The SMILES string of the molecule is CC(C)C1=[C-]CC(C(C)(C)C)=C1.CC(C)C1=[C-]CC(C(C)(C)C)=C1.Cl.Cl.[CH3-].[CH3-].[SiH2]=[Zr]. The van der Waals surface area contributed by atoms with Crippen LogP contribution in [0.25, 0.3) is 0 Å². The zero-order chi connectivity index (χ0) is 20.7. The Morgan fingerprint density at radius 2 is 0.933 bits per heavy atom. The van der Waals surface area contributed by atoms with E-state index in [4.69, 9.17) is 0 Å². The zero-order valence-corrected chi connectivity index (χ0v) is 27.3. The van der Waals surface area contributed by atoms with Crippen LogP contribution in [0.15, 0.2) is 34.4 Å². The molecule has 0 heterocycles. The Bertz CT molecular complexity index is 531. The summed E-state index contributed by atoms with van der Waals surface area (Å²) in [7, 11) is 0. The predicted octanol–water partition coefficient (Wildman–Crippen LogP) is 8.32. The van der Waals surface area contributed by atoms with E-state index >= 15 is 0 Å². The van der Waals surface area contributed by atoms with Crippen molar-refractivity contribution in [3.8, 4) is 0 Å². The number of hydrogen-bond acceptors (Lipinski definition) is 0. The first-order chi connectivity index (χ1) is 11.8. The van der Waals surface area contributed by atoms with E-state index in [1.807, 2.05) is 6.88 Å². The van der Waals surface area contributed by atoms with E-state index in [0.717, 1.165) is 12.8 Å². The van der Waals surface area contributed by atoms with Gasteiger partial charge in [-0.05, 0) is 10.8 Å². The molecule has 30 heavy (non-hydrogen) atoms. The van der Waals surface area contributed by atoms with Crippen LogP contribution in [0.5, 0.6) is 0 Å². The number of rotatable bonds is 2. The van der Waals surface area contributed by atoms with Gasteiger partial charge in [-0.15, -0.1) is 37.7 Å². The molecule has 0 nitrogen and oxygen atoms in total. The van der Waals surface area contributed by atoms with E-state index in [2.05, 4.69) is 93.5 Å². The van der Waals surface area contributed by atoms with Gasteiger partial charge in [0.1, 0.15) is 0 Å². The van der Waals surface area contributed by atoms with Gasteiger partial charge < -0.3 is 14.9 Å². The van der Waals surface area contributed by atoms with Crippen LogP contribution in [0.3, 0.4) is 0 Å². The van der Waals surface area contributed by atoms with Crippen molar-refractivity contribution in [2.24, 2.45) is 22.7 Å². The molecule has 4 heteroatoms. The van der Waals surface area contributed by atoms with Crippen molar-refractivity contribution in [1.29, 1.82) is 0 Å². The zero-order valence-electron chi connectivity index (χ0n) is 21.7. The number of halogens is 2. The maximum absolute atomic E-state index is 3.44. The number of allylic oxidation sites excluding steroid dienone is 8. The molecule has 0 aromatic heterocycles. The van der Waals surface area contributed by atoms with E-state index in [0.29, 0.717) is 22.7 Å². The first-order valence-electron chi connectivity index (χ1n) is 9.81. The van der Waals surface area contributed by atoms with E-state index in [1.54, 1.807) is 23.3 Å². The van der Waals surface area contributed by atoms with Crippen LogP contribution < -0.4 is 0 Å². The van der Waals surface area contributed by atoms with Crippen LogP contribution in [0.4, 0.5) is 0 Å². The Morgan fingerprint density at radius 3 is 1.03 bits per heavy atom. The quantitative estimate of drug-likeness (QED) is 0.239. The summed E-state index contributed by atoms with van der Waals surface area (Å²) in [4.78, 5) is 0. The Hall–Kier alpha value is 0.640. The van der Waals surface area contributed by atoms with Crippen LogP contribution in [0.2, 0.25) is 0 Å². The molecule has 0 aromatic rings. The fourth-order valence-corrected chi connectivity index (χ4v) is 2.68. The third kappa shape index (κ3) is 14.7. The molecule has 0 radical (unpaired) electrons. The van der Waals surface area contributed by atoms with Gasteiger partial charge in [0.05, 0.1) is 0 Å². The average molecular weight is 551 g/mol. The predicted molar refractivity (Wildman–Crippen MR) is 143 cm³/mol. The van der Waals surface area contributed by atoms with Crippen molar-refractivity contribution in [1.82, 2.24) is 0 Å². The molecule has 178 valence electrons. The second kappa shape index (κ2) is 18.1. The van der Waals surface area contributed by atoms with E-state index in [1.165, 1.54) is 22.3 Å². The van der Waals surface area contributed by atoms with Crippen molar-refractivity contribution in [3.05, 3.63) is 61.4 Å². The summed E-state index contributed by atoms with van der Waals surface area (Å²) in [6.07, 6.45) is 13.6. The Labute approximate surface area is 219 Å². The van der Waals surface area contributed by atoms with Crippen molar-refractivity contribution < 1.29 is 23.3 Å². The fourth-order valence-electron chi connectivity index (χ4n) is 2.68. The first-order valence-corrected chi connectivity index (χ1v) is 15.7. The molecule has 0 unspecified atom stereocenters. The number of hydrogen-bond donors (Lipinski definition) is 0. The standard InChI is InChI=1S/2C12H19.2CH3.2ClH.H2Si.Zr/c2*1-9(2)10-6-7-11(8-10)12(3,4)5;;;;;;/h2*8-9H,7H2,1-5H3;2*1H3;2*1H;1H2;/q4*-1;;;;. The summed E-state index contributed by atoms with van der Waals surface area (Å²) < 4.78 is 0. The monoisotopic (exact) mass is 548 g/mol. The van der Waals surface area contributed by atoms with Crippen LogP contribution in [0.1, 0.15) is 82.1 Å².